The molecule has 0 N–H and O–H groups in total. The highest BCUT2D eigenvalue weighted by Gasteiger charge is 2.31. The van der Waals surface area contributed by atoms with Crippen molar-refractivity contribution in [1.82, 2.24) is 4.90 Å². The second-order valence-electron chi connectivity index (χ2n) is 7.16. The predicted molar refractivity (Wildman–Crippen MR) is 113 cm³/mol. The minimum atomic E-state index is -0.255. The lowest BCUT2D eigenvalue weighted by atomic mass is 9.98. The van der Waals surface area contributed by atoms with Gasteiger partial charge in [0, 0.05) is 12.1 Å². The molecule has 0 radical (unpaired) electrons. The Kier molecular flexibility index (Phi) is 7.10. The van der Waals surface area contributed by atoms with E-state index in [1.165, 1.54) is 0 Å². The van der Waals surface area contributed by atoms with Gasteiger partial charge in [0.05, 0.1) is 19.1 Å². The van der Waals surface area contributed by atoms with Crippen LogP contribution in [0.5, 0.6) is 11.5 Å². The number of ether oxygens (including phenoxy) is 2. The number of aldehydes is 1. The van der Waals surface area contributed by atoms with E-state index in [0.717, 1.165) is 72.5 Å². The number of fused-ring (bicyclic) bond motifs is 3. The van der Waals surface area contributed by atoms with Gasteiger partial charge < -0.3 is 19.2 Å². The second-order valence-corrected chi connectivity index (χ2v) is 7.16. The van der Waals surface area contributed by atoms with E-state index in [-0.39, 0.29) is 5.92 Å². The Morgan fingerprint density at radius 3 is 2.54 bits per heavy atom. The molecule has 0 saturated heterocycles. The van der Waals surface area contributed by atoms with Gasteiger partial charge in [-0.05, 0) is 60.8 Å². The molecule has 0 amide bonds. The summed E-state index contributed by atoms with van der Waals surface area (Å²) in [6, 6.07) is 12.1. The van der Waals surface area contributed by atoms with Crippen LogP contribution in [-0.2, 0) is 4.79 Å². The molecule has 2 aromatic rings. The van der Waals surface area contributed by atoms with Crippen molar-refractivity contribution in [2.24, 2.45) is 0 Å². The number of carbonyl (C=O) groups excluding carboxylic acids is 1. The normalized spacial score (nSPS) is 14.6. The van der Waals surface area contributed by atoms with Gasteiger partial charge in [-0.25, -0.2) is 0 Å². The Morgan fingerprint density at radius 2 is 1.82 bits per heavy atom. The minimum Gasteiger partial charge on any atom is -0.494 e. The van der Waals surface area contributed by atoms with E-state index < -0.39 is 0 Å². The highest BCUT2D eigenvalue weighted by molar-refractivity contribution is 5.91. The van der Waals surface area contributed by atoms with Gasteiger partial charge in [-0.1, -0.05) is 39.0 Å². The van der Waals surface area contributed by atoms with Crippen LogP contribution in [0.15, 0.2) is 36.4 Å². The molecule has 0 spiro atoms. The average molecular weight is 382 g/mol. The third-order valence-electron chi connectivity index (χ3n) is 5.40. The highest BCUT2D eigenvalue weighted by atomic mass is 16.5. The fourth-order valence-electron chi connectivity index (χ4n) is 3.88. The molecule has 4 heteroatoms. The van der Waals surface area contributed by atoms with E-state index in [9.17, 15) is 4.79 Å². The van der Waals surface area contributed by atoms with E-state index in [4.69, 9.17) is 9.47 Å². The largest absolute Gasteiger partial charge is 0.494 e. The molecule has 0 aliphatic heterocycles. The Bertz CT molecular complexity index is 798. The van der Waals surface area contributed by atoms with Crippen LogP contribution in [0.1, 0.15) is 50.7 Å². The summed E-state index contributed by atoms with van der Waals surface area (Å²) in [4.78, 5) is 14.3. The lowest BCUT2D eigenvalue weighted by Crippen LogP contribution is -2.25. The Morgan fingerprint density at radius 1 is 1.00 bits per heavy atom. The summed E-state index contributed by atoms with van der Waals surface area (Å²) < 4.78 is 11.9. The van der Waals surface area contributed by atoms with Crippen molar-refractivity contribution in [3.05, 3.63) is 47.5 Å². The van der Waals surface area contributed by atoms with Crippen LogP contribution in [0.25, 0.3) is 11.1 Å². The molecule has 1 atom stereocenters. The molecule has 1 aliphatic carbocycles. The van der Waals surface area contributed by atoms with E-state index in [0.29, 0.717) is 13.2 Å². The molecule has 0 fully saturated rings. The van der Waals surface area contributed by atoms with E-state index >= 15 is 0 Å². The number of rotatable bonds is 11. The Balaban J connectivity index is 1.81. The molecule has 0 heterocycles. The first-order valence-corrected chi connectivity index (χ1v) is 10.4. The smallest absolute Gasteiger partial charge is 0.131 e. The molecule has 3 rings (SSSR count). The lowest BCUT2D eigenvalue weighted by Gasteiger charge is -2.18. The zero-order valence-electron chi connectivity index (χ0n) is 17.2. The number of nitrogens with zero attached hydrogens (tertiary/aromatic N) is 1. The standard InChI is InChI=1S/C24H31NO3/c1-4-14-27-18-11-12-20-21(16-18)22(17-26)19-9-7-10-23(24(19)20)28-15-8-13-25(5-2)6-3/h7,9-12,16-17,22H,4-6,8,13-15H2,1-3H3. The lowest BCUT2D eigenvalue weighted by molar-refractivity contribution is -0.108. The number of benzene rings is 2. The third kappa shape index (κ3) is 4.22. The maximum Gasteiger partial charge on any atom is 0.131 e. The zero-order valence-corrected chi connectivity index (χ0v) is 17.2. The SMILES string of the molecule is CCCOc1ccc2c(c1)C(C=O)c1cccc(OCCCN(CC)CC)c1-2. The van der Waals surface area contributed by atoms with Crippen LogP contribution in [0.2, 0.25) is 0 Å². The minimum absolute atomic E-state index is 0.255. The summed E-state index contributed by atoms with van der Waals surface area (Å²) in [7, 11) is 0. The fourth-order valence-corrected chi connectivity index (χ4v) is 3.88. The van der Waals surface area contributed by atoms with Gasteiger partial charge in [-0.3, -0.25) is 0 Å². The molecule has 0 aromatic heterocycles. The molecule has 2 aromatic carbocycles. The summed E-state index contributed by atoms with van der Waals surface area (Å²) in [6.07, 6.45) is 2.97. The van der Waals surface area contributed by atoms with Crippen molar-refractivity contribution in [3.63, 3.8) is 0 Å². The predicted octanol–water partition coefficient (Wildman–Crippen LogP) is 4.90. The van der Waals surface area contributed by atoms with Gasteiger partial charge in [0.15, 0.2) is 0 Å². The first-order valence-electron chi connectivity index (χ1n) is 10.4. The molecule has 1 aliphatic rings. The highest BCUT2D eigenvalue weighted by Crippen LogP contribution is 2.49. The van der Waals surface area contributed by atoms with Crippen molar-refractivity contribution in [2.45, 2.75) is 39.5 Å². The monoisotopic (exact) mass is 381 g/mol. The van der Waals surface area contributed by atoms with E-state index in [1.54, 1.807) is 0 Å². The van der Waals surface area contributed by atoms with Crippen molar-refractivity contribution < 1.29 is 14.3 Å². The molecule has 1 unspecified atom stereocenters. The molecule has 0 bridgehead atoms. The van der Waals surface area contributed by atoms with Crippen LogP contribution < -0.4 is 9.47 Å². The van der Waals surface area contributed by atoms with E-state index in [2.05, 4.69) is 31.7 Å². The maximum atomic E-state index is 11.9. The summed E-state index contributed by atoms with van der Waals surface area (Å²) in [6.45, 7) is 11.0. The van der Waals surface area contributed by atoms with Gasteiger partial charge in [0.1, 0.15) is 17.8 Å². The Labute approximate surface area is 168 Å². The number of carbonyl (C=O) groups is 1. The van der Waals surface area contributed by atoms with Gasteiger partial charge in [-0.2, -0.15) is 0 Å². The van der Waals surface area contributed by atoms with Gasteiger partial charge in [-0.15, -0.1) is 0 Å². The quantitative estimate of drug-likeness (QED) is 0.410. The van der Waals surface area contributed by atoms with Crippen LogP contribution >= 0.6 is 0 Å². The second kappa shape index (κ2) is 9.74. The van der Waals surface area contributed by atoms with Gasteiger partial charge in [0.25, 0.3) is 0 Å². The molecule has 0 saturated carbocycles. The van der Waals surface area contributed by atoms with Gasteiger partial charge in [0.2, 0.25) is 0 Å². The summed E-state index contributed by atoms with van der Waals surface area (Å²) >= 11 is 0. The van der Waals surface area contributed by atoms with Gasteiger partial charge >= 0.3 is 0 Å². The van der Waals surface area contributed by atoms with Crippen LogP contribution in [-0.4, -0.2) is 44.0 Å². The number of hydrogen-bond acceptors (Lipinski definition) is 4. The molecular formula is C24H31NO3. The van der Waals surface area contributed by atoms with Crippen LogP contribution in [0, 0.1) is 0 Å². The van der Waals surface area contributed by atoms with E-state index in [1.807, 2.05) is 30.3 Å². The average Bonchev–Trinajstić information content (AvgIpc) is 3.05. The topological polar surface area (TPSA) is 38.8 Å². The van der Waals surface area contributed by atoms with Crippen molar-refractivity contribution >= 4 is 6.29 Å². The first-order chi connectivity index (χ1) is 13.7. The summed E-state index contributed by atoms with van der Waals surface area (Å²) in [5.41, 5.74) is 4.17. The molecule has 4 nitrogen and oxygen atoms in total. The fraction of sp³-hybridized carbons (Fsp3) is 0.458. The van der Waals surface area contributed by atoms with Crippen LogP contribution in [0.4, 0.5) is 0 Å². The van der Waals surface area contributed by atoms with Crippen LogP contribution in [0.3, 0.4) is 0 Å². The maximum absolute atomic E-state index is 11.9. The summed E-state index contributed by atoms with van der Waals surface area (Å²) in [5.74, 6) is 1.43. The van der Waals surface area contributed by atoms with Crippen molar-refractivity contribution in [1.29, 1.82) is 0 Å². The molecule has 28 heavy (non-hydrogen) atoms. The first kappa shape index (κ1) is 20.4. The summed E-state index contributed by atoms with van der Waals surface area (Å²) in [5, 5.41) is 0. The molecular weight excluding hydrogens is 350 g/mol. The van der Waals surface area contributed by atoms with Crippen molar-refractivity contribution in [3.8, 4) is 22.6 Å². The number of hydrogen-bond donors (Lipinski definition) is 0. The molecule has 150 valence electrons. The third-order valence-corrected chi connectivity index (χ3v) is 5.40. The Hall–Kier alpha value is -2.33. The zero-order chi connectivity index (χ0) is 19.9. The van der Waals surface area contributed by atoms with Crippen molar-refractivity contribution in [2.75, 3.05) is 32.8 Å².